The van der Waals surface area contributed by atoms with Gasteiger partial charge in [-0.15, -0.1) is 0 Å². The van der Waals surface area contributed by atoms with E-state index in [-0.39, 0.29) is 6.29 Å². The molecular weight excluding hydrogens is 216 g/mol. The molecule has 1 unspecified atom stereocenters. The molecule has 1 aromatic rings. The van der Waals surface area contributed by atoms with Crippen LogP contribution in [0.1, 0.15) is 19.4 Å². The molecule has 0 heterocycles. The molecule has 0 aliphatic rings. The minimum absolute atomic E-state index is 0.290. The van der Waals surface area contributed by atoms with Gasteiger partial charge in [-0.3, -0.25) is 0 Å². The molecule has 0 aliphatic heterocycles. The van der Waals surface area contributed by atoms with Crippen LogP contribution in [0.4, 0.5) is 0 Å². The number of allylic oxidation sites excluding steroid dienone is 1. The zero-order chi connectivity index (χ0) is 12.7. The lowest BCUT2D eigenvalue weighted by molar-refractivity contribution is -0.0990. The number of ether oxygens (including phenoxy) is 3. The van der Waals surface area contributed by atoms with Crippen molar-refractivity contribution in [1.82, 2.24) is 0 Å². The van der Waals surface area contributed by atoms with Crippen molar-refractivity contribution in [1.29, 1.82) is 0 Å². The molecule has 3 nitrogen and oxygen atoms in total. The molecule has 17 heavy (non-hydrogen) atoms. The SMILES string of the molecule is COc1ccc(COC(C=C(C)C)OC)cc1. The van der Waals surface area contributed by atoms with Crippen molar-refractivity contribution < 1.29 is 14.2 Å². The molecule has 3 heteroatoms. The summed E-state index contributed by atoms with van der Waals surface area (Å²) >= 11 is 0. The van der Waals surface area contributed by atoms with Crippen LogP contribution < -0.4 is 4.74 Å². The summed E-state index contributed by atoms with van der Waals surface area (Å²) in [5.74, 6) is 0.848. The Morgan fingerprint density at radius 2 is 1.82 bits per heavy atom. The summed E-state index contributed by atoms with van der Waals surface area (Å²) in [4.78, 5) is 0. The van der Waals surface area contributed by atoms with E-state index in [4.69, 9.17) is 14.2 Å². The molecule has 0 bridgehead atoms. The van der Waals surface area contributed by atoms with E-state index >= 15 is 0 Å². The molecule has 94 valence electrons. The van der Waals surface area contributed by atoms with Gasteiger partial charge < -0.3 is 14.2 Å². The second-order valence-electron chi connectivity index (χ2n) is 4.01. The number of methoxy groups -OCH3 is 2. The van der Waals surface area contributed by atoms with Gasteiger partial charge in [0.2, 0.25) is 0 Å². The van der Waals surface area contributed by atoms with Crippen molar-refractivity contribution in [3.8, 4) is 5.75 Å². The second kappa shape index (κ2) is 7.09. The maximum absolute atomic E-state index is 5.62. The van der Waals surface area contributed by atoms with Gasteiger partial charge in [-0.25, -0.2) is 0 Å². The van der Waals surface area contributed by atoms with Gasteiger partial charge >= 0.3 is 0 Å². The molecular formula is C14H20O3. The Bertz CT molecular complexity index is 350. The Balaban J connectivity index is 2.50. The molecule has 0 aliphatic carbocycles. The van der Waals surface area contributed by atoms with Gasteiger partial charge in [0.1, 0.15) is 5.75 Å². The molecule has 0 amide bonds. The van der Waals surface area contributed by atoms with Gasteiger partial charge in [-0.1, -0.05) is 17.7 Å². The van der Waals surface area contributed by atoms with Crippen molar-refractivity contribution in [3.05, 3.63) is 41.5 Å². The third-order valence-electron chi connectivity index (χ3n) is 2.28. The number of rotatable bonds is 6. The molecule has 1 aromatic carbocycles. The Hall–Kier alpha value is -1.32. The van der Waals surface area contributed by atoms with Gasteiger partial charge in [0, 0.05) is 7.11 Å². The predicted molar refractivity (Wildman–Crippen MR) is 68.0 cm³/mol. The highest BCUT2D eigenvalue weighted by Gasteiger charge is 2.03. The van der Waals surface area contributed by atoms with E-state index in [0.29, 0.717) is 6.61 Å². The molecule has 0 N–H and O–H groups in total. The van der Waals surface area contributed by atoms with Crippen LogP contribution in [0.3, 0.4) is 0 Å². The van der Waals surface area contributed by atoms with Gasteiger partial charge in [-0.05, 0) is 37.6 Å². The van der Waals surface area contributed by atoms with Gasteiger partial charge in [0.15, 0.2) is 6.29 Å². The van der Waals surface area contributed by atoms with Crippen LogP contribution in [0.5, 0.6) is 5.75 Å². The normalized spacial score (nSPS) is 12.0. The standard InChI is InChI=1S/C14H20O3/c1-11(2)9-14(16-4)17-10-12-5-7-13(15-3)8-6-12/h5-9,14H,10H2,1-4H3. The maximum Gasteiger partial charge on any atom is 0.177 e. The summed E-state index contributed by atoms with van der Waals surface area (Å²) in [5, 5.41) is 0. The lowest BCUT2D eigenvalue weighted by Crippen LogP contribution is -2.12. The number of benzene rings is 1. The Morgan fingerprint density at radius 1 is 1.18 bits per heavy atom. The third kappa shape index (κ3) is 5.02. The molecule has 0 fully saturated rings. The van der Waals surface area contributed by atoms with Gasteiger partial charge in [0.05, 0.1) is 13.7 Å². The van der Waals surface area contributed by atoms with E-state index in [1.165, 1.54) is 5.57 Å². The summed E-state index contributed by atoms with van der Waals surface area (Å²) in [6.07, 6.45) is 1.66. The molecule has 1 atom stereocenters. The Labute approximate surface area is 103 Å². The fraction of sp³-hybridized carbons (Fsp3) is 0.429. The highest BCUT2D eigenvalue weighted by molar-refractivity contribution is 5.26. The van der Waals surface area contributed by atoms with Crippen LogP contribution in [0.25, 0.3) is 0 Å². The molecule has 0 saturated carbocycles. The molecule has 0 aromatic heterocycles. The average molecular weight is 236 g/mol. The average Bonchev–Trinajstić information content (AvgIpc) is 2.34. The lowest BCUT2D eigenvalue weighted by atomic mass is 10.2. The molecule has 0 saturated heterocycles. The Kier molecular flexibility index (Phi) is 5.73. The smallest absolute Gasteiger partial charge is 0.177 e. The Morgan fingerprint density at radius 3 is 2.29 bits per heavy atom. The molecule has 0 radical (unpaired) electrons. The van der Waals surface area contributed by atoms with Crippen LogP contribution in [0.2, 0.25) is 0 Å². The van der Waals surface area contributed by atoms with Crippen molar-refractivity contribution in [2.45, 2.75) is 26.7 Å². The van der Waals surface area contributed by atoms with Gasteiger partial charge in [-0.2, -0.15) is 0 Å². The van der Waals surface area contributed by atoms with E-state index in [1.54, 1.807) is 14.2 Å². The number of hydrogen-bond acceptors (Lipinski definition) is 3. The summed E-state index contributed by atoms with van der Waals surface area (Å²) < 4.78 is 15.9. The summed E-state index contributed by atoms with van der Waals surface area (Å²) in [5.41, 5.74) is 2.27. The van der Waals surface area contributed by atoms with E-state index in [1.807, 2.05) is 44.2 Å². The van der Waals surface area contributed by atoms with E-state index in [0.717, 1.165) is 11.3 Å². The maximum atomic E-state index is 5.62. The largest absolute Gasteiger partial charge is 0.497 e. The summed E-state index contributed by atoms with van der Waals surface area (Å²) in [7, 11) is 3.29. The minimum atomic E-state index is -0.290. The first-order valence-corrected chi connectivity index (χ1v) is 5.58. The summed E-state index contributed by atoms with van der Waals surface area (Å²) in [6.45, 7) is 4.55. The van der Waals surface area contributed by atoms with Crippen LogP contribution in [0, 0.1) is 0 Å². The first kappa shape index (κ1) is 13.7. The van der Waals surface area contributed by atoms with Crippen LogP contribution in [0.15, 0.2) is 35.9 Å². The fourth-order valence-electron chi connectivity index (χ4n) is 1.36. The quantitative estimate of drug-likeness (QED) is 0.561. The first-order chi connectivity index (χ1) is 8.15. The van der Waals surface area contributed by atoms with Crippen LogP contribution in [-0.4, -0.2) is 20.5 Å². The van der Waals surface area contributed by atoms with Crippen molar-refractivity contribution in [3.63, 3.8) is 0 Å². The first-order valence-electron chi connectivity index (χ1n) is 5.58. The van der Waals surface area contributed by atoms with Crippen LogP contribution in [-0.2, 0) is 16.1 Å². The zero-order valence-electron chi connectivity index (χ0n) is 10.9. The minimum Gasteiger partial charge on any atom is -0.497 e. The van der Waals surface area contributed by atoms with Crippen molar-refractivity contribution in [2.75, 3.05) is 14.2 Å². The second-order valence-corrected chi connectivity index (χ2v) is 4.01. The fourth-order valence-corrected chi connectivity index (χ4v) is 1.36. The zero-order valence-corrected chi connectivity index (χ0v) is 10.9. The highest BCUT2D eigenvalue weighted by atomic mass is 16.7. The third-order valence-corrected chi connectivity index (χ3v) is 2.28. The van der Waals surface area contributed by atoms with Crippen molar-refractivity contribution in [2.24, 2.45) is 0 Å². The molecule has 1 rings (SSSR count). The predicted octanol–water partition coefficient (Wildman–Crippen LogP) is 3.15. The monoisotopic (exact) mass is 236 g/mol. The van der Waals surface area contributed by atoms with E-state index in [9.17, 15) is 0 Å². The van der Waals surface area contributed by atoms with Gasteiger partial charge in [0.25, 0.3) is 0 Å². The van der Waals surface area contributed by atoms with Crippen LogP contribution >= 0.6 is 0 Å². The summed E-state index contributed by atoms with van der Waals surface area (Å²) in [6, 6.07) is 7.80. The topological polar surface area (TPSA) is 27.7 Å². The van der Waals surface area contributed by atoms with Crippen molar-refractivity contribution >= 4 is 0 Å². The highest BCUT2D eigenvalue weighted by Crippen LogP contribution is 2.13. The number of hydrogen-bond donors (Lipinski definition) is 0. The molecule has 0 spiro atoms. The lowest BCUT2D eigenvalue weighted by Gasteiger charge is -2.13. The van der Waals surface area contributed by atoms with E-state index < -0.39 is 0 Å². The van der Waals surface area contributed by atoms with E-state index in [2.05, 4.69) is 0 Å².